The Labute approximate surface area is 164 Å². The zero-order valence-electron chi connectivity index (χ0n) is 16.3. The summed E-state index contributed by atoms with van der Waals surface area (Å²) in [6.45, 7) is 11.4. The molecule has 0 aliphatic carbocycles. The maximum absolute atomic E-state index is 8.82. The van der Waals surface area contributed by atoms with Crippen LogP contribution in [0.3, 0.4) is 0 Å². The van der Waals surface area contributed by atoms with Crippen LogP contribution >= 0.6 is 11.3 Å². The lowest BCUT2D eigenvalue weighted by Crippen LogP contribution is -3.10. The molecule has 6 heteroatoms. The predicted molar refractivity (Wildman–Crippen MR) is 108 cm³/mol. The number of aryl methyl sites for hydroxylation is 2. The highest BCUT2D eigenvalue weighted by Crippen LogP contribution is 2.36. The number of fused-ring (bicyclic) bond motifs is 1. The number of ether oxygens (including phenoxy) is 1. The van der Waals surface area contributed by atoms with E-state index in [2.05, 4.69) is 33.8 Å². The molecule has 0 aliphatic heterocycles. The van der Waals surface area contributed by atoms with Crippen molar-refractivity contribution in [2.24, 2.45) is 0 Å². The van der Waals surface area contributed by atoms with Crippen LogP contribution in [-0.2, 0) is 13.0 Å². The third-order valence-corrected chi connectivity index (χ3v) is 5.97. The van der Waals surface area contributed by atoms with Gasteiger partial charge in [-0.05, 0) is 51.0 Å². The lowest BCUT2D eigenvalue weighted by Gasteiger charge is -2.15. The molecule has 0 radical (unpaired) electrons. The third kappa shape index (κ3) is 4.26. The van der Waals surface area contributed by atoms with Crippen LogP contribution in [0.15, 0.2) is 24.3 Å². The number of rotatable bonds is 7. The number of nitrogens with one attached hydrogen (secondary N) is 1. The molecule has 0 fully saturated rings. The molecule has 2 aromatic heterocycles. The Bertz CT molecular complexity index is 968. The second kappa shape index (κ2) is 8.47. The minimum absolute atomic E-state index is 0.400. The van der Waals surface area contributed by atoms with E-state index in [-0.39, 0.29) is 0 Å². The zero-order chi connectivity index (χ0) is 19.4. The van der Waals surface area contributed by atoms with Crippen molar-refractivity contribution in [2.75, 3.05) is 13.1 Å². The van der Waals surface area contributed by atoms with Gasteiger partial charge in [0.15, 0.2) is 5.82 Å². The first kappa shape index (κ1) is 19.3. The molecule has 140 valence electrons. The number of hydrogen-bond acceptors (Lipinski definition) is 5. The van der Waals surface area contributed by atoms with E-state index in [1.165, 1.54) is 15.3 Å². The largest absolute Gasteiger partial charge is 0.438 e. The maximum atomic E-state index is 8.82. The Morgan fingerprint density at radius 3 is 2.44 bits per heavy atom. The molecule has 3 aromatic rings. The molecule has 0 bridgehead atoms. The summed E-state index contributed by atoms with van der Waals surface area (Å²) in [6.07, 6.45) is 0.400. The highest BCUT2D eigenvalue weighted by molar-refractivity contribution is 7.18. The van der Waals surface area contributed by atoms with Gasteiger partial charge < -0.3 is 9.64 Å². The fourth-order valence-corrected chi connectivity index (χ4v) is 4.05. The van der Waals surface area contributed by atoms with Crippen LogP contribution in [0.2, 0.25) is 0 Å². The summed E-state index contributed by atoms with van der Waals surface area (Å²) in [6, 6.07) is 9.79. The van der Waals surface area contributed by atoms with Crippen LogP contribution in [0, 0.1) is 25.2 Å². The van der Waals surface area contributed by atoms with E-state index in [4.69, 9.17) is 20.0 Å². The van der Waals surface area contributed by atoms with Crippen molar-refractivity contribution >= 4 is 21.6 Å². The van der Waals surface area contributed by atoms with Gasteiger partial charge in [0.05, 0.1) is 31.0 Å². The summed E-state index contributed by atoms with van der Waals surface area (Å²) in [5.41, 5.74) is 2.15. The first-order chi connectivity index (χ1) is 13.0. The monoisotopic (exact) mass is 381 g/mol. The van der Waals surface area contributed by atoms with Crippen molar-refractivity contribution in [2.45, 2.75) is 40.7 Å². The summed E-state index contributed by atoms with van der Waals surface area (Å²) in [5, 5.41) is 9.82. The maximum Gasteiger partial charge on any atom is 0.231 e. The van der Waals surface area contributed by atoms with Crippen molar-refractivity contribution in [3.8, 4) is 17.7 Å². The molecule has 0 aliphatic rings. The second-order valence-corrected chi connectivity index (χ2v) is 7.83. The minimum atomic E-state index is 0.400. The fourth-order valence-electron chi connectivity index (χ4n) is 3.01. The van der Waals surface area contributed by atoms with Gasteiger partial charge in [-0.1, -0.05) is 12.1 Å². The Kier molecular flexibility index (Phi) is 6.04. The summed E-state index contributed by atoms with van der Waals surface area (Å²) < 4.78 is 6.17. The summed E-state index contributed by atoms with van der Waals surface area (Å²) >= 11 is 1.69. The Morgan fingerprint density at radius 1 is 1.11 bits per heavy atom. The van der Waals surface area contributed by atoms with E-state index in [1.54, 1.807) is 11.3 Å². The lowest BCUT2D eigenvalue weighted by atomic mass is 10.1. The molecule has 0 spiro atoms. The molecule has 0 amide bonds. The summed E-state index contributed by atoms with van der Waals surface area (Å²) in [5.74, 6) is 2.16. The number of aromatic nitrogens is 2. The average Bonchev–Trinajstić information content (AvgIpc) is 2.95. The number of hydrogen-bond donors (Lipinski definition) is 1. The molecule has 0 atom stereocenters. The number of nitrogens with zero attached hydrogens (tertiary/aromatic N) is 3. The van der Waals surface area contributed by atoms with Gasteiger partial charge in [-0.3, -0.25) is 0 Å². The topological polar surface area (TPSA) is 63.2 Å². The molecule has 2 heterocycles. The Hall–Kier alpha value is -2.49. The standard InChI is InChI=1S/C21H24N4OS/c1-5-25(6-2)13-18-23-20(19-14(3)15(4)27-21(19)24-18)26-17-9-7-16(8-10-17)11-12-22/h7-10H,5-6,11,13H2,1-4H3/p+1. The van der Waals surface area contributed by atoms with Gasteiger partial charge in [0, 0.05) is 4.88 Å². The molecule has 0 saturated heterocycles. The highest BCUT2D eigenvalue weighted by atomic mass is 32.1. The molecule has 3 rings (SSSR count). The van der Waals surface area contributed by atoms with E-state index in [0.29, 0.717) is 12.3 Å². The van der Waals surface area contributed by atoms with Gasteiger partial charge in [-0.2, -0.15) is 10.2 Å². The van der Waals surface area contributed by atoms with Crippen molar-refractivity contribution in [3.05, 3.63) is 46.1 Å². The Morgan fingerprint density at radius 2 is 1.81 bits per heavy atom. The van der Waals surface area contributed by atoms with Crippen LogP contribution in [0.1, 0.15) is 35.7 Å². The van der Waals surface area contributed by atoms with Gasteiger partial charge in [0.1, 0.15) is 17.1 Å². The summed E-state index contributed by atoms with van der Waals surface area (Å²) in [7, 11) is 0. The van der Waals surface area contributed by atoms with Crippen LogP contribution in [-0.4, -0.2) is 23.1 Å². The molecular formula is C21H25N4OS+. The van der Waals surface area contributed by atoms with Crippen LogP contribution < -0.4 is 9.64 Å². The molecule has 0 saturated carbocycles. The zero-order valence-corrected chi connectivity index (χ0v) is 17.1. The second-order valence-electron chi connectivity index (χ2n) is 6.62. The average molecular weight is 382 g/mol. The SMILES string of the molecule is CC[NH+](CC)Cc1nc(Oc2ccc(CC#N)cc2)c2c(C)c(C)sc2n1. The number of benzene rings is 1. The number of quaternary nitrogens is 1. The lowest BCUT2D eigenvalue weighted by molar-refractivity contribution is -0.910. The van der Waals surface area contributed by atoms with Crippen molar-refractivity contribution in [1.29, 1.82) is 5.26 Å². The molecule has 0 unspecified atom stereocenters. The smallest absolute Gasteiger partial charge is 0.231 e. The molecule has 5 nitrogen and oxygen atoms in total. The van der Waals surface area contributed by atoms with Crippen LogP contribution in [0.25, 0.3) is 10.2 Å². The van der Waals surface area contributed by atoms with E-state index < -0.39 is 0 Å². The minimum Gasteiger partial charge on any atom is -0.438 e. The van der Waals surface area contributed by atoms with Gasteiger partial charge >= 0.3 is 0 Å². The number of thiophene rings is 1. The van der Waals surface area contributed by atoms with E-state index >= 15 is 0 Å². The van der Waals surface area contributed by atoms with Gasteiger partial charge in [0.2, 0.25) is 5.88 Å². The predicted octanol–water partition coefficient (Wildman–Crippen LogP) is 3.59. The van der Waals surface area contributed by atoms with Gasteiger partial charge in [0.25, 0.3) is 0 Å². The van der Waals surface area contributed by atoms with E-state index in [0.717, 1.165) is 47.0 Å². The van der Waals surface area contributed by atoms with Crippen molar-refractivity contribution in [3.63, 3.8) is 0 Å². The first-order valence-corrected chi connectivity index (χ1v) is 10.1. The molecule has 1 N–H and O–H groups in total. The molecule has 1 aromatic carbocycles. The van der Waals surface area contributed by atoms with Crippen molar-refractivity contribution in [1.82, 2.24) is 9.97 Å². The van der Waals surface area contributed by atoms with Crippen LogP contribution in [0.4, 0.5) is 0 Å². The highest BCUT2D eigenvalue weighted by Gasteiger charge is 2.18. The molecular weight excluding hydrogens is 356 g/mol. The quantitative estimate of drug-likeness (QED) is 0.679. The first-order valence-electron chi connectivity index (χ1n) is 9.29. The Balaban J connectivity index is 1.99. The fraction of sp³-hybridized carbons (Fsp3) is 0.381. The van der Waals surface area contributed by atoms with E-state index in [1.807, 2.05) is 24.3 Å². The third-order valence-electron chi connectivity index (χ3n) is 4.87. The van der Waals surface area contributed by atoms with Crippen LogP contribution in [0.5, 0.6) is 11.6 Å². The molecule has 27 heavy (non-hydrogen) atoms. The van der Waals surface area contributed by atoms with E-state index in [9.17, 15) is 0 Å². The van der Waals surface area contributed by atoms with Crippen molar-refractivity contribution < 1.29 is 9.64 Å². The van der Waals surface area contributed by atoms with Gasteiger partial charge in [-0.15, -0.1) is 11.3 Å². The normalized spacial score (nSPS) is 11.1. The van der Waals surface area contributed by atoms with Gasteiger partial charge in [-0.25, -0.2) is 4.98 Å². The summed E-state index contributed by atoms with van der Waals surface area (Å²) in [4.78, 5) is 13.2. The number of nitriles is 1.